The molecule has 1 aromatic heterocycles. The molecule has 6 heteroatoms. The van der Waals surface area contributed by atoms with Gasteiger partial charge >= 0.3 is 0 Å². The smallest absolute Gasteiger partial charge is 0.237 e. The van der Waals surface area contributed by atoms with Gasteiger partial charge in [0.05, 0.1) is 18.1 Å². The number of carbonyl (C=O) groups is 2. The maximum Gasteiger partial charge on any atom is 0.237 e. The number of hydrogen-bond acceptors (Lipinski definition) is 4. The van der Waals surface area contributed by atoms with Crippen molar-refractivity contribution in [2.45, 2.75) is 30.7 Å². The fourth-order valence-electron chi connectivity index (χ4n) is 4.80. The van der Waals surface area contributed by atoms with E-state index >= 15 is 0 Å². The lowest BCUT2D eigenvalue weighted by Crippen LogP contribution is -2.45. The monoisotopic (exact) mass is 363 g/mol. The average molecular weight is 363 g/mol. The van der Waals surface area contributed by atoms with Crippen LogP contribution < -0.4 is 5.32 Å². The van der Waals surface area contributed by atoms with E-state index < -0.39 is 16.9 Å². The largest absolute Gasteiger partial charge is 0.395 e. The molecule has 2 amide bonds. The highest BCUT2D eigenvalue weighted by Gasteiger charge is 2.62. The van der Waals surface area contributed by atoms with E-state index in [-0.39, 0.29) is 18.4 Å². The Labute approximate surface area is 157 Å². The zero-order valence-electron chi connectivity index (χ0n) is 14.9. The standard InChI is InChI=1S/C21H21N3O3/c25-13-20(7-8-20)19(27)24-11-9-21(17(24)14-4-3-10-22-12-14)15-5-1-2-6-16(15)23-18(21)26/h1-6,10,12,17,25H,7-9,11,13H2,(H,23,26). The number of hydrogen-bond donors (Lipinski definition) is 2. The number of pyridine rings is 1. The van der Waals surface area contributed by atoms with Gasteiger partial charge in [-0.1, -0.05) is 24.3 Å². The molecule has 1 saturated heterocycles. The lowest BCUT2D eigenvalue weighted by atomic mass is 9.73. The molecule has 0 radical (unpaired) electrons. The quantitative estimate of drug-likeness (QED) is 0.874. The molecule has 6 nitrogen and oxygen atoms in total. The number of aromatic nitrogens is 1. The van der Waals surface area contributed by atoms with E-state index in [0.29, 0.717) is 25.8 Å². The van der Waals surface area contributed by atoms with E-state index in [2.05, 4.69) is 10.3 Å². The minimum Gasteiger partial charge on any atom is -0.395 e. The van der Waals surface area contributed by atoms with Crippen LogP contribution in [0.5, 0.6) is 0 Å². The Balaban J connectivity index is 1.67. The molecule has 2 N–H and O–H groups in total. The van der Waals surface area contributed by atoms with Gasteiger partial charge in [0.1, 0.15) is 5.41 Å². The molecule has 1 saturated carbocycles. The molecule has 2 atom stereocenters. The predicted octanol–water partition coefficient (Wildman–Crippen LogP) is 2.02. The lowest BCUT2D eigenvalue weighted by Gasteiger charge is -2.35. The molecule has 1 spiro atoms. The molecule has 1 aromatic carbocycles. The summed E-state index contributed by atoms with van der Waals surface area (Å²) in [7, 11) is 0. The van der Waals surface area contributed by atoms with Crippen molar-refractivity contribution in [3.05, 3.63) is 59.9 Å². The number of likely N-dealkylation sites (tertiary alicyclic amines) is 1. The van der Waals surface area contributed by atoms with Gasteiger partial charge in [-0.05, 0) is 42.5 Å². The molecule has 2 fully saturated rings. The Morgan fingerprint density at radius 1 is 1.22 bits per heavy atom. The van der Waals surface area contributed by atoms with E-state index in [1.165, 1.54) is 0 Å². The highest BCUT2D eigenvalue weighted by atomic mass is 16.3. The van der Waals surface area contributed by atoms with Crippen molar-refractivity contribution in [1.29, 1.82) is 0 Å². The number of fused-ring (bicyclic) bond motifs is 2. The van der Waals surface area contributed by atoms with Crippen molar-refractivity contribution in [3.8, 4) is 0 Å². The number of anilines is 1. The van der Waals surface area contributed by atoms with Gasteiger partial charge in [-0.2, -0.15) is 0 Å². The summed E-state index contributed by atoms with van der Waals surface area (Å²) < 4.78 is 0. The SMILES string of the molecule is O=C(N1CCC2(C(=O)Nc3ccccc32)C1c1cccnc1)C1(CO)CC1. The van der Waals surface area contributed by atoms with Gasteiger partial charge in [0.25, 0.3) is 0 Å². The molecular formula is C21H21N3O3. The Morgan fingerprint density at radius 3 is 2.74 bits per heavy atom. The number of rotatable bonds is 3. The Bertz CT molecular complexity index is 925. The van der Waals surface area contributed by atoms with Crippen LogP contribution >= 0.6 is 0 Å². The highest BCUT2D eigenvalue weighted by molar-refractivity contribution is 6.08. The summed E-state index contributed by atoms with van der Waals surface area (Å²) in [4.78, 5) is 32.6. The molecule has 0 bridgehead atoms. The molecule has 27 heavy (non-hydrogen) atoms. The first-order valence-electron chi connectivity index (χ1n) is 9.35. The van der Waals surface area contributed by atoms with Crippen LogP contribution in [0, 0.1) is 5.41 Å². The van der Waals surface area contributed by atoms with Crippen LogP contribution in [0.4, 0.5) is 5.69 Å². The second-order valence-electron chi connectivity index (χ2n) is 7.85. The average Bonchev–Trinajstić information content (AvgIpc) is 3.33. The Hall–Kier alpha value is -2.73. The fraction of sp³-hybridized carbons (Fsp3) is 0.381. The van der Waals surface area contributed by atoms with Gasteiger partial charge < -0.3 is 15.3 Å². The van der Waals surface area contributed by atoms with Crippen molar-refractivity contribution >= 4 is 17.5 Å². The Morgan fingerprint density at radius 2 is 2.04 bits per heavy atom. The number of nitrogens with zero attached hydrogens (tertiary/aromatic N) is 2. The van der Waals surface area contributed by atoms with Gasteiger partial charge in [-0.25, -0.2) is 0 Å². The third kappa shape index (κ3) is 2.13. The summed E-state index contributed by atoms with van der Waals surface area (Å²) in [5.74, 6) is -0.116. The van der Waals surface area contributed by atoms with E-state index in [1.54, 1.807) is 12.4 Å². The van der Waals surface area contributed by atoms with Crippen LogP contribution in [0.15, 0.2) is 48.8 Å². The maximum atomic E-state index is 13.3. The van der Waals surface area contributed by atoms with Crippen molar-refractivity contribution < 1.29 is 14.7 Å². The van der Waals surface area contributed by atoms with Crippen molar-refractivity contribution in [1.82, 2.24) is 9.88 Å². The molecule has 2 aromatic rings. The second kappa shape index (κ2) is 5.63. The van der Waals surface area contributed by atoms with Crippen LogP contribution in [0.2, 0.25) is 0 Å². The minimum atomic E-state index is -0.819. The van der Waals surface area contributed by atoms with Crippen LogP contribution in [0.25, 0.3) is 0 Å². The van der Waals surface area contributed by atoms with Gasteiger partial charge in [0.15, 0.2) is 0 Å². The van der Waals surface area contributed by atoms with E-state index in [1.807, 2.05) is 41.3 Å². The summed E-state index contributed by atoms with van der Waals surface area (Å²) in [5, 5.41) is 12.8. The second-order valence-corrected chi connectivity index (χ2v) is 7.85. The van der Waals surface area contributed by atoms with Crippen LogP contribution in [0.1, 0.15) is 36.4 Å². The van der Waals surface area contributed by atoms with E-state index in [0.717, 1.165) is 16.8 Å². The molecule has 3 heterocycles. The summed E-state index contributed by atoms with van der Waals surface area (Å²) in [5.41, 5.74) is 1.12. The number of benzene rings is 1. The third-order valence-electron chi connectivity index (χ3n) is 6.46. The zero-order valence-corrected chi connectivity index (χ0v) is 14.9. The van der Waals surface area contributed by atoms with E-state index in [9.17, 15) is 14.7 Å². The first kappa shape index (κ1) is 16.4. The summed E-state index contributed by atoms with van der Waals surface area (Å²) in [6.07, 6.45) is 5.40. The van der Waals surface area contributed by atoms with Crippen molar-refractivity contribution in [2.24, 2.45) is 5.41 Å². The summed E-state index contributed by atoms with van der Waals surface area (Å²) in [6, 6.07) is 11.1. The number of amides is 2. The number of aliphatic hydroxyl groups is 1. The minimum absolute atomic E-state index is 0.0482. The summed E-state index contributed by atoms with van der Waals surface area (Å²) >= 11 is 0. The van der Waals surface area contributed by atoms with Gasteiger partial charge in [-0.15, -0.1) is 0 Å². The molecule has 138 valence electrons. The molecule has 3 aliphatic rings. The fourth-order valence-corrected chi connectivity index (χ4v) is 4.80. The first-order chi connectivity index (χ1) is 13.1. The first-order valence-corrected chi connectivity index (χ1v) is 9.35. The molecule has 2 unspecified atom stereocenters. The highest BCUT2D eigenvalue weighted by Crippen LogP contribution is 2.57. The maximum absolute atomic E-state index is 13.3. The normalized spacial score (nSPS) is 27.5. The molecule has 5 rings (SSSR count). The number of carbonyl (C=O) groups excluding carboxylic acids is 2. The number of nitrogens with one attached hydrogen (secondary N) is 1. The van der Waals surface area contributed by atoms with Crippen molar-refractivity contribution in [3.63, 3.8) is 0 Å². The van der Waals surface area contributed by atoms with Gasteiger partial charge in [0.2, 0.25) is 11.8 Å². The van der Waals surface area contributed by atoms with Gasteiger partial charge in [-0.3, -0.25) is 14.6 Å². The number of aliphatic hydroxyl groups excluding tert-OH is 1. The van der Waals surface area contributed by atoms with Gasteiger partial charge in [0, 0.05) is 24.6 Å². The van der Waals surface area contributed by atoms with Crippen LogP contribution in [-0.4, -0.2) is 40.0 Å². The molecule has 1 aliphatic carbocycles. The third-order valence-corrected chi connectivity index (χ3v) is 6.46. The van der Waals surface area contributed by atoms with Crippen molar-refractivity contribution in [2.75, 3.05) is 18.5 Å². The topological polar surface area (TPSA) is 82.5 Å². The summed E-state index contributed by atoms with van der Waals surface area (Å²) in [6.45, 7) is 0.347. The van der Waals surface area contributed by atoms with Crippen LogP contribution in [-0.2, 0) is 15.0 Å². The zero-order chi connectivity index (χ0) is 18.6. The number of para-hydroxylation sites is 1. The van der Waals surface area contributed by atoms with E-state index in [4.69, 9.17) is 0 Å². The predicted molar refractivity (Wildman–Crippen MR) is 98.8 cm³/mol. The van der Waals surface area contributed by atoms with Crippen LogP contribution in [0.3, 0.4) is 0 Å². The Kier molecular flexibility index (Phi) is 3.43. The molecular weight excluding hydrogens is 342 g/mol. The lowest BCUT2D eigenvalue weighted by molar-refractivity contribution is -0.140. The molecule has 2 aliphatic heterocycles.